The lowest BCUT2D eigenvalue weighted by molar-refractivity contribution is -0.123. The molecule has 3 rings (SSSR count). The molecular weight excluding hydrogens is 386 g/mol. The molecule has 0 aliphatic carbocycles. The number of nitrogens with one attached hydrogen (secondary N) is 2. The molecule has 0 saturated carbocycles. The Morgan fingerprint density at radius 2 is 1.50 bits per heavy atom. The Morgan fingerprint density at radius 3 is 2.10 bits per heavy atom. The predicted molar refractivity (Wildman–Crippen MR) is 114 cm³/mol. The molecule has 1 atom stereocenters. The number of rotatable bonds is 6. The van der Waals surface area contributed by atoms with Crippen LogP contribution < -0.4 is 15.5 Å². The van der Waals surface area contributed by atoms with Crippen molar-refractivity contribution in [3.8, 4) is 0 Å². The lowest BCUT2D eigenvalue weighted by atomic mass is 10.2. The summed E-state index contributed by atoms with van der Waals surface area (Å²) in [4.78, 5) is 37.9. The van der Waals surface area contributed by atoms with E-state index >= 15 is 0 Å². The number of hydrogen-bond donors (Lipinski definition) is 2. The van der Waals surface area contributed by atoms with E-state index < -0.39 is 18.0 Å². The average Bonchev–Trinajstić information content (AvgIpc) is 2.75. The highest BCUT2D eigenvalue weighted by Crippen LogP contribution is 2.19. The number of carbonyl (C=O) groups is 3. The van der Waals surface area contributed by atoms with Gasteiger partial charge < -0.3 is 25.0 Å². The van der Waals surface area contributed by atoms with Gasteiger partial charge in [0.2, 0.25) is 5.91 Å². The first-order valence-electron chi connectivity index (χ1n) is 9.74. The van der Waals surface area contributed by atoms with E-state index in [0.29, 0.717) is 30.2 Å². The number of anilines is 3. The quantitative estimate of drug-likeness (QED) is 0.710. The fourth-order valence-corrected chi connectivity index (χ4v) is 3.00. The topological polar surface area (TPSA) is 97.0 Å². The van der Waals surface area contributed by atoms with E-state index in [-0.39, 0.29) is 5.91 Å². The molecule has 1 aliphatic rings. The fourth-order valence-electron chi connectivity index (χ4n) is 3.00. The smallest absolute Gasteiger partial charge is 0.338 e. The van der Waals surface area contributed by atoms with Crippen molar-refractivity contribution in [3.63, 3.8) is 0 Å². The Morgan fingerprint density at radius 1 is 0.933 bits per heavy atom. The molecular formula is C22H25N3O5. The molecule has 0 radical (unpaired) electrons. The summed E-state index contributed by atoms with van der Waals surface area (Å²) in [5, 5.41) is 5.37. The van der Waals surface area contributed by atoms with Gasteiger partial charge in [0.15, 0.2) is 6.10 Å². The SMILES string of the molecule is CC(=O)Nc1ccc(C(=O)O[C@@H](C)C(=O)Nc2ccc(N3CCOCC3)cc2)cc1. The van der Waals surface area contributed by atoms with Gasteiger partial charge in [-0.05, 0) is 55.5 Å². The molecule has 158 valence electrons. The maximum Gasteiger partial charge on any atom is 0.338 e. The molecule has 0 spiro atoms. The third-order valence-electron chi connectivity index (χ3n) is 4.61. The maximum absolute atomic E-state index is 12.4. The molecule has 2 aromatic rings. The van der Waals surface area contributed by atoms with Crippen LogP contribution >= 0.6 is 0 Å². The zero-order valence-corrected chi connectivity index (χ0v) is 17.0. The molecule has 8 heteroatoms. The van der Waals surface area contributed by atoms with Crippen LogP contribution in [0.2, 0.25) is 0 Å². The monoisotopic (exact) mass is 411 g/mol. The largest absolute Gasteiger partial charge is 0.449 e. The van der Waals surface area contributed by atoms with Gasteiger partial charge in [-0.25, -0.2) is 4.79 Å². The van der Waals surface area contributed by atoms with Gasteiger partial charge in [0.1, 0.15) is 0 Å². The molecule has 0 bridgehead atoms. The summed E-state index contributed by atoms with van der Waals surface area (Å²) in [7, 11) is 0. The van der Waals surface area contributed by atoms with Gasteiger partial charge >= 0.3 is 5.97 Å². The molecule has 2 amide bonds. The summed E-state index contributed by atoms with van der Waals surface area (Å²) in [6.07, 6.45) is -0.966. The summed E-state index contributed by atoms with van der Waals surface area (Å²) in [6.45, 7) is 6.00. The molecule has 2 aromatic carbocycles. The second-order valence-electron chi connectivity index (χ2n) is 6.94. The molecule has 8 nitrogen and oxygen atoms in total. The van der Waals surface area contributed by atoms with Crippen LogP contribution in [-0.2, 0) is 19.1 Å². The van der Waals surface area contributed by atoms with Gasteiger partial charge in [0, 0.05) is 37.1 Å². The van der Waals surface area contributed by atoms with E-state index in [2.05, 4.69) is 15.5 Å². The van der Waals surface area contributed by atoms with Crippen molar-refractivity contribution in [2.75, 3.05) is 41.8 Å². The maximum atomic E-state index is 12.4. The van der Waals surface area contributed by atoms with Crippen molar-refractivity contribution >= 4 is 34.8 Å². The van der Waals surface area contributed by atoms with Crippen LogP contribution in [0, 0.1) is 0 Å². The number of esters is 1. The van der Waals surface area contributed by atoms with Crippen molar-refractivity contribution in [1.29, 1.82) is 0 Å². The minimum atomic E-state index is -0.966. The highest BCUT2D eigenvalue weighted by Gasteiger charge is 2.19. The first-order chi connectivity index (χ1) is 14.4. The highest BCUT2D eigenvalue weighted by molar-refractivity contribution is 5.97. The molecule has 30 heavy (non-hydrogen) atoms. The number of nitrogens with zero attached hydrogens (tertiary/aromatic N) is 1. The fraction of sp³-hybridized carbons (Fsp3) is 0.318. The number of carbonyl (C=O) groups excluding carboxylic acids is 3. The van der Waals surface area contributed by atoms with Crippen molar-refractivity contribution in [2.24, 2.45) is 0 Å². The first-order valence-corrected chi connectivity index (χ1v) is 9.74. The van der Waals surface area contributed by atoms with E-state index in [0.717, 1.165) is 18.8 Å². The van der Waals surface area contributed by atoms with Crippen LogP contribution in [0.4, 0.5) is 17.1 Å². The van der Waals surface area contributed by atoms with Gasteiger partial charge in [-0.15, -0.1) is 0 Å². The molecule has 2 N–H and O–H groups in total. The van der Waals surface area contributed by atoms with Gasteiger partial charge in [0.25, 0.3) is 5.91 Å². The van der Waals surface area contributed by atoms with Gasteiger partial charge in [-0.2, -0.15) is 0 Å². The Kier molecular flexibility index (Phi) is 7.03. The van der Waals surface area contributed by atoms with Crippen LogP contribution in [0.25, 0.3) is 0 Å². The number of ether oxygens (including phenoxy) is 2. The lowest BCUT2D eigenvalue weighted by Gasteiger charge is -2.28. The van der Waals surface area contributed by atoms with Gasteiger partial charge in [-0.1, -0.05) is 0 Å². The van der Waals surface area contributed by atoms with E-state index in [9.17, 15) is 14.4 Å². The Bertz CT molecular complexity index is 890. The van der Waals surface area contributed by atoms with E-state index in [1.165, 1.54) is 26.0 Å². The van der Waals surface area contributed by atoms with E-state index in [1.807, 2.05) is 24.3 Å². The summed E-state index contributed by atoms with van der Waals surface area (Å²) in [5.74, 6) is -1.24. The molecule has 0 unspecified atom stereocenters. The highest BCUT2D eigenvalue weighted by atomic mass is 16.5. The summed E-state index contributed by atoms with van der Waals surface area (Å²) >= 11 is 0. The van der Waals surface area contributed by atoms with E-state index in [4.69, 9.17) is 9.47 Å². The second kappa shape index (κ2) is 9.89. The Hall–Kier alpha value is -3.39. The predicted octanol–water partition coefficient (Wildman–Crippen LogP) is 2.67. The molecule has 0 aromatic heterocycles. The Balaban J connectivity index is 1.52. The zero-order valence-electron chi connectivity index (χ0n) is 17.0. The summed E-state index contributed by atoms with van der Waals surface area (Å²) in [6, 6.07) is 13.8. The van der Waals surface area contributed by atoms with Crippen molar-refractivity contribution < 1.29 is 23.9 Å². The molecule has 1 aliphatic heterocycles. The molecule has 1 fully saturated rings. The lowest BCUT2D eigenvalue weighted by Crippen LogP contribution is -2.36. The van der Waals surface area contributed by atoms with Crippen LogP contribution in [0.1, 0.15) is 24.2 Å². The number of morpholine rings is 1. The van der Waals surface area contributed by atoms with Crippen molar-refractivity contribution in [3.05, 3.63) is 54.1 Å². The molecule has 1 saturated heterocycles. The second-order valence-corrected chi connectivity index (χ2v) is 6.94. The first kappa shape index (κ1) is 21.3. The summed E-state index contributed by atoms with van der Waals surface area (Å²) in [5.41, 5.74) is 2.56. The number of benzene rings is 2. The van der Waals surface area contributed by atoms with Crippen LogP contribution in [0.3, 0.4) is 0 Å². The van der Waals surface area contributed by atoms with Crippen LogP contribution in [0.5, 0.6) is 0 Å². The third kappa shape index (κ3) is 5.81. The Labute approximate surface area is 175 Å². The van der Waals surface area contributed by atoms with Crippen LogP contribution in [0.15, 0.2) is 48.5 Å². The van der Waals surface area contributed by atoms with Crippen LogP contribution in [-0.4, -0.2) is 50.2 Å². The standard InChI is InChI=1S/C22H25N3O5/c1-15(30-22(28)17-3-5-18(6-4-17)23-16(2)26)21(27)24-19-7-9-20(10-8-19)25-11-13-29-14-12-25/h3-10,15H,11-14H2,1-2H3,(H,23,26)(H,24,27)/t15-/m0/s1. The van der Waals surface area contributed by atoms with Gasteiger partial charge in [-0.3, -0.25) is 9.59 Å². The zero-order chi connectivity index (χ0) is 21.5. The van der Waals surface area contributed by atoms with E-state index in [1.54, 1.807) is 12.1 Å². The average molecular weight is 411 g/mol. The third-order valence-corrected chi connectivity index (χ3v) is 4.61. The van der Waals surface area contributed by atoms with Crippen molar-refractivity contribution in [1.82, 2.24) is 0 Å². The normalized spacial score (nSPS) is 14.5. The summed E-state index contributed by atoms with van der Waals surface area (Å²) < 4.78 is 10.6. The minimum absolute atomic E-state index is 0.200. The minimum Gasteiger partial charge on any atom is -0.449 e. The molecule has 1 heterocycles. The number of amides is 2. The number of hydrogen-bond acceptors (Lipinski definition) is 6. The van der Waals surface area contributed by atoms with Crippen molar-refractivity contribution in [2.45, 2.75) is 20.0 Å². The van der Waals surface area contributed by atoms with Gasteiger partial charge in [0.05, 0.1) is 18.8 Å².